The van der Waals surface area contributed by atoms with Crippen LogP contribution in [-0.4, -0.2) is 49.7 Å². The molecule has 2 heterocycles. The van der Waals surface area contributed by atoms with Crippen LogP contribution in [0.25, 0.3) is 0 Å². The highest BCUT2D eigenvalue weighted by atomic mass is 16.5. The molecule has 4 heteroatoms. The van der Waals surface area contributed by atoms with Crippen LogP contribution < -0.4 is 5.32 Å². The summed E-state index contributed by atoms with van der Waals surface area (Å²) in [6.07, 6.45) is 3.46. The molecule has 2 atom stereocenters. The smallest absolute Gasteiger partial charge is 0.248 e. The van der Waals surface area contributed by atoms with Crippen molar-refractivity contribution in [2.75, 3.05) is 32.8 Å². The number of amides is 1. The molecule has 2 unspecified atom stereocenters. The van der Waals surface area contributed by atoms with Crippen LogP contribution in [0.4, 0.5) is 0 Å². The van der Waals surface area contributed by atoms with Gasteiger partial charge in [-0.15, -0.1) is 0 Å². The van der Waals surface area contributed by atoms with E-state index in [4.69, 9.17) is 4.74 Å². The van der Waals surface area contributed by atoms with E-state index in [2.05, 4.69) is 19.2 Å². The molecule has 104 valence electrons. The molecule has 2 aliphatic rings. The predicted octanol–water partition coefficient (Wildman–Crippen LogP) is 1.26. The number of likely N-dealkylation sites (tertiary alicyclic amines) is 1. The Bertz CT molecular complexity index is 277. The first-order valence-corrected chi connectivity index (χ1v) is 7.27. The molecule has 1 N–H and O–H groups in total. The van der Waals surface area contributed by atoms with Gasteiger partial charge in [-0.05, 0) is 44.2 Å². The third-order valence-electron chi connectivity index (χ3n) is 4.42. The molecular weight excluding hydrogens is 228 g/mol. The van der Waals surface area contributed by atoms with Gasteiger partial charge in [0.1, 0.15) is 6.61 Å². The quantitative estimate of drug-likeness (QED) is 0.824. The summed E-state index contributed by atoms with van der Waals surface area (Å²) >= 11 is 0. The number of nitrogens with one attached hydrogen (secondary N) is 1. The van der Waals surface area contributed by atoms with Gasteiger partial charge < -0.3 is 15.0 Å². The highest BCUT2D eigenvalue weighted by Crippen LogP contribution is 2.22. The number of hydrogen-bond donors (Lipinski definition) is 1. The average Bonchev–Trinajstić information content (AvgIpc) is 2.40. The van der Waals surface area contributed by atoms with E-state index in [-0.39, 0.29) is 18.6 Å². The molecular formula is C14H26N2O2. The lowest BCUT2D eigenvalue weighted by Crippen LogP contribution is -2.44. The van der Waals surface area contributed by atoms with Crippen LogP contribution in [0.3, 0.4) is 0 Å². The number of ether oxygens (including phenoxy) is 1. The predicted molar refractivity (Wildman–Crippen MR) is 71.4 cm³/mol. The second-order valence-electron chi connectivity index (χ2n) is 5.84. The van der Waals surface area contributed by atoms with Crippen LogP contribution in [0.2, 0.25) is 0 Å². The van der Waals surface area contributed by atoms with E-state index >= 15 is 0 Å². The standard InChI is InChI=1S/C14H26N2O2/c1-11-5-8-16(9-12(11)2)14(17)10-18-13-3-6-15-7-4-13/h11-13,15H,3-10H2,1-2H3. The van der Waals surface area contributed by atoms with Crippen LogP contribution in [0.1, 0.15) is 33.1 Å². The molecule has 0 radical (unpaired) electrons. The molecule has 0 bridgehead atoms. The third-order valence-corrected chi connectivity index (χ3v) is 4.42. The number of rotatable bonds is 3. The molecule has 2 saturated heterocycles. The van der Waals surface area contributed by atoms with Gasteiger partial charge in [0, 0.05) is 13.1 Å². The fourth-order valence-corrected chi connectivity index (χ4v) is 2.73. The number of carbonyl (C=O) groups excluding carboxylic acids is 1. The van der Waals surface area contributed by atoms with Crippen molar-refractivity contribution < 1.29 is 9.53 Å². The molecule has 0 saturated carbocycles. The van der Waals surface area contributed by atoms with E-state index < -0.39 is 0 Å². The van der Waals surface area contributed by atoms with Crippen molar-refractivity contribution in [2.24, 2.45) is 11.8 Å². The molecule has 2 rings (SSSR count). The van der Waals surface area contributed by atoms with Gasteiger partial charge in [0.05, 0.1) is 6.10 Å². The summed E-state index contributed by atoms with van der Waals surface area (Å²) in [4.78, 5) is 14.1. The van der Waals surface area contributed by atoms with Crippen molar-refractivity contribution in [1.82, 2.24) is 10.2 Å². The van der Waals surface area contributed by atoms with Gasteiger partial charge in [-0.2, -0.15) is 0 Å². The Morgan fingerprint density at radius 2 is 1.94 bits per heavy atom. The molecule has 2 fully saturated rings. The molecule has 0 aromatic heterocycles. The molecule has 18 heavy (non-hydrogen) atoms. The molecule has 0 aliphatic carbocycles. The maximum absolute atomic E-state index is 12.1. The van der Waals surface area contributed by atoms with E-state index in [1.54, 1.807) is 0 Å². The fourth-order valence-electron chi connectivity index (χ4n) is 2.73. The van der Waals surface area contributed by atoms with Crippen LogP contribution >= 0.6 is 0 Å². The van der Waals surface area contributed by atoms with E-state index in [1.165, 1.54) is 0 Å². The average molecular weight is 254 g/mol. The number of piperidine rings is 2. The number of nitrogens with zero attached hydrogens (tertiary/aromatic N) is 1. The Labute approximate surface area is 110 Å². The van der Waals surface area contributed by atoms with Crippen LogP contribution in [-0.2, 0) is 9.53 Å². The maximum Gasteiger partial charge on any atom is 0.248 e. The molecule has 0 aromatic carbocycles. The molecule has 2 aliphatic heterocycles. The number of hydrogen-bond acceptors (Lipinski definition) is 3. The van der Waals surface area contributed by atoms with Crippen LogP contribution in [0, 0.1) is 11.8 Å². The molecule has 4 nitrogen and oxygen atoms in total. The maximum atomic E-state index is 12.1. The van der Waals surface area contributed by atoms with Crippen molar-refractivity contribution in [3.05, 3.63) is 0 Å². The minimum Gasteiger partial charge on any atom is -0.368 e. The van der Waals surface area contributed by atoms with Crippen molar-refractivity contribution >= 4 is 5.91 Å². The Kier molecular flexibility index (Phi) is 5.01. The molecule has 0 spiro atoms. The van der Waals surface area contributed by atoms with Gasteiger partial charge in [-0.1, -0.05) is 13.8 Å². The van der Waals surface area contributed by atoms with Crippen molar-refractivity contribution in [1.29, 1.82) is 0 Å². The Hall–Kier alpha value is -0.610. The summed E-state index contributed by atoms with van der Waals surface area (Å²) in [5.41, 5.74) is 0. The Balaban J connectivity index is 1.70. The summed E-state index contributed by atoms with van der Waals surface area (Å²) in [5, 5.41) is 3.30. The molecule has 0 aromatic rings. The van der Waals surface area contributed by atoms with Gasteiger partial charge in [0.15, 0.2) is 0 Å². The lowest BCUT2D eigenvalue weighted by Gasteiger charge is -2.35. The van der Waals surface area contributed by atoms with Gasteiger partial charge in [0.2, 0.25) is 5.91 Å². The topological polar surface area (TPSA) is 41.6 Å². The Morgan fingerprint density at radius 3 is 2.61 bits per heavy atom. The van der Waals surface area contributed by atoms with E-state index in [9.17, 15) is 4.79 Å². The van der Waals surface area contributed by atoms with Crippen LogP contribution in [0.5, 0.6) is 0 Å². The second kappa shape index (κ2) is 6.53. The largest absolute Gasteiger partial charge is 0.368 e. The first-order chi connectivity index (χ1) is 8.66. The van der Waals surface area contributed by atoms with Gasteiger partial charge in [-0.25, -0.2) is 0 Å². The van der Waals surface area contributed by atoms with E-state index in [0.717, 1.165) is 51.4 Å². The van der Waals surface area contributed by atoms with Gasteiger partial charge in [0.25, 0.3) is 0 Å². The van der Waals surface area contributed by atoms with Crippen molar-refractivity contribution in [3.8, 4) is 0 Å². The summed E-state index contributed by atoms with van der Waals surface area (Å²) in [5.74, 6) is 1.52. The normalized spacial score (nSPS) is 30.4. The fraction of sp³-hybridized carbons (Fsp3) is 0.929. The molecule has 1 amide bonds. The lowest BCUT2D eigenvalue weighted by atomic mass is 9.89. The minimum absolute atomic E-state index is 0.173. The van der Waals surface area contributed by atoms with Crippen molar-refractivity contribution in [3.63, 3.8) is 0 Å². The summed E-state index contributed by atoms with van der Waals surface area (Å²) in [7, 11) is 0. The lowest BCUT2D eigenvalue weighted by molar-refractivity contribution is -0.141. The zero-order valence-corrected chi connectivity index (χ0v) is 11.7. The SMILES string of the molecule is CC1CCN(C(=O)COC2CCNCC2)CC1C. The van der Waals surface area contributed by atoms with E-state index in [1.807, 2.05) is 4.90 Å². The van der Waals surface area contributed by atoms with Crippen LogP contribution in [0.15, 0.2) is 0 Å². The monoisotopic (exact) mass is 254 g/mol. The minimum atomic E-state index is 0.173. The second-order valence-corrected chi connectivity index (χ2v) is 5.84. The third kappa shape index (κ3) is 3.69. The van der Waals surface area contributed by atoms with E-state index in [0.29, 0.717) is 5.92 Å². The zero-order chi connectivity index (χ0) is 13.0. The van der Waals surface area contributed by atoms with Crippen molar-refractivity contribution in [2.45, 2.75) is 39.2 Å². The summed E-state index contributed by atoms with van der Waals surface area (Å²) in [6.45, 7) is 8.60. The Morgan fingerprint density at radius 1 is 1.22 bits per heavy atom. The first kappa shape index (κ1) is 13.8. The number of carbonyl (C=O) groups is 1. The summed E-state index contributed by atoms with van der Waals surface area (Å²) in [6, 6.07) is 0. The van der Waals surface area contributed by atoms with Gasteiger partial charge >= 0.3 is 0 Å². The first-order valence-electron chi connectivity index (χ1n) is 7.27. The highest BCUT2D eigenvalue weighted by Gasteiger charge is 2.26. The highest BCUT2D eigenvalue weighted by molar-refractivity contribution is 5.77. The summed E-state index contributed by atoms with van der Waals surface area (Å²) < 4.78 is 5.73. The zero-order valence-electron chi connectivity index (χ0n) is 11.7. The van der Waals surface area contributed by atoms with Gasteiger partial charge in [-0.3, -0.25) is 4.79 Å².